The summed E-state index contributed by atoms with van der Waals surface area (Å²) in [5.41, 5.74) is 10.6. The Hall–Kier alpha value is -3.82. The van der Waals surface area contributed by atoms with Crippen LogP contribution in [0.2, 0.25) is 0 Å². The van der Waals surface area contributed by atoms with Crippen LogP contribution in [0.1, 0.15) is 60.5 Å². The molecule has 1 saturated carbocycles. The minimum atomic E-state index is -2.75. The molecule has 0 unspecified atom stereocenters. The molecule has 0 amide bonds. The van der Waals surface area contributed by atoms with E-state index in [0.717, 1.165) is 41.9 Å². The summed E-state index contributed by atoms with van der Waals surface area (Å²) in [5.74, 6) is 0.642. The van der Waals surface area contributed by atoms with Crippen LogP contribution in [0.25, 0.3) is 16.9 Å². The highest BCUT2D eigenvalue weighted by atomic mass is 19.3. The number of anilines is 1. The molecule has 186 valence electrons. The first-order valence-electron chi connectivity index (χ1n) is 11.9. The number of alkyl halides is 2. The van der Waals surface area contributed by atoms with Crippen LogP contribution in [0, 0.1) is 18.7 Å². The van der Waals surface area contributed by atoms with Gasteiger partial charge >= 0.3 is 0 Å². The van der Waals surface area contributed by atoms with E-state index in [4.69, 9.17) is 15.6 Å². The lowest BCUT2D eigenvalue weighted by atomic mass is 10.0. The Morgan fingerprint density at radius 1 is 1.17 bits per heavy atom. The van der Waals surface area contributed by atoms with E-state index in [1.807, 2.05) is 17.7 Å². The van der Waals surface area contributed by atoms with Crippen LogP contribution in [-0.2, 0) is 13.0 Å². The molecule has 6 rings (SSSR count). The van der Waals surface area contributed by atoms with Crippen molar-refractivity contribution in [3.05, 3.63) is 70.6 Å². The zero-order valence-corrected chi connectivity index (χ0v) is 19.9. The summed E-state index contributed by atoms with van der Waals surface area (Å²) in [6, 6.07) is 7.38. The lowest BCUT2D eigenvalue weighted by molar-refractivity contribution is 0.145. The molecule has 1 aliphatic carbocycles. The molecule has 4 heterocycles. The minimum absolute atomic E-state index is 0.201. The Balaban J connectivity index is 1.63. The highest BCUT2D eigenvalue weighted by Gasteiger charge is 2.29. The number of nitrogen functional groups attached to an aromatic ring is 1. The molecule has 3 aromatic heterocycles. The summed E-state index contributed by atoms with van der Waals surface area (Å²) in [6.45, 7) is 4.42. The van der Waals surface area contributed by atoms with Crippen LogP contribution in [-0.4, -0.2) is 24.5 Å². The monoisotopic (exact) mass is 494 g/mol. The lowest BCUT2D eigenvalue weighted by Gasteiger charge is -2.22. The van der Waals surface area contributed by atoms with Crippen molar-refractivity contribution in [1.82, 2.24) is 24.5 Å². The van der Waals surface area contributed by atoms with Gasteiger partial charge in [0.2, 0.25) is 0 Å². The summed E-state index contributed by atoms with van der Waals surface area (Å²) in [6.07, 6.45) is 0.860. The van der Waals surface area contributed by atoms with Gasteiger partial charge in [-0.3, -0.25) is 4.68 Å². The van der Waals surface area contributed by atoms with Gasteiger partial charge in [0.15, 0.2) is 11.6 Å². The maximum absolute atomic E-state index is 14.3. The Bertz CT molecular complexity index is 1470. The van der Waals surface area contributed by atoms with E-state index in [0.29, 0.717) is 35.0 Å². The van der Waals surface area contributed by atoms with Crippen molar-refractivity contribution in [3.8, 4) is 22.7 Å². The van der Waals surface area contributed by atoms with Crippen molar-refractivity contribution in [2.75, 3.05) is 5.73 Å². The third kappa shape index (κ3) is 3.90. The largest absolute Gasteiger partial charge is 0.482 e. The molecule has 1 aromatic carbocycles. The smallest absolute Gasteiger partial charge is 0.282 e. The molecule has 1 aliphatic heterocycles. The molecule has 4 aromatic rings. The number of hydrogen-bond donors (Lipinski definition) is 1. The molecular formula is C26H25F3N6O. The Morgan fingerprint density at radius 3 is 2.72 bits per heavy atom. The molecular weight excluding hydrogens is 469 g/mol. The summed E-state index contributed by atoms with van der Waals surface area (Å²) in [7, 11) is 0. The quantitative estimate of drug-likeness (QED) is 0.404. The van der Waals surface area contributed by atoms with Gasteiger partial charge in [-0.2, -0.15) is 10.2 Å². The number of benzene rings is 1. The van der Waals surface area contributed by atoms with Crippen LogP contribution in [0.5, 0.6) is 5.75 Å². The number of aryl methyl sites for hydroxylation is 1. The minimum Gasteiger partial charge on any atom is -0.482 e. The fraction of sp³-hybridized carbons (Fsp3) is 0.346. The van der Waals surface area contributed by atoms with E-state index < -0.39 is 18.3 Å². The number of rotatable bonds is 3. The molecule has 1 fully saturated rings. The second kappa shape index (κ2) is 8.39. The number of hydrogen-bond acceptors (Lipinski definition) is 5. The fourth-order valence-electron chi connectivity index (χ4n) is 4.87. The van der Waals surface area contributed by atoms with E-state index in [1.165, 1.54) is 28.9 Å². The van der Waals surface area contributed by atoms with Gasteiger partial charge < -0.3 is 10.5 Å². The van der Waals surface area contributed by atoms with Gasteiger partial charge in [-0.05, 0) is 62.9 Å². The number of pyridine rings is 1. The average Bonchev–Trinajstić information content (AvgIpc) is 3.47. The SMILES string of the molecule is Cc1nn(CC2CC2)c2c1Cc1cc(C(F)F)nn1-c1ccc(F)cc1[C@@H](C)Oc1cc-2cnc1N. The molecule has 2 bridgehead atoms. The molecule has 2 N–H and O–H groups in total. The maximum atomic E-state index is 14.3. The van der Waals surface area contributed by atoms with Gasteiger partial charge in [0.05, 0.1) is 17.1 Å². The Kier molecular flexibility index (Phi) is 5.27. The molecule has 7 nitrogen and oxygen atoms in total. The number of nitrogens with two attached hydrogens (primary N) is 1. The van der Waals surface area contributed by atoms with Crippen LogP contribution in [0.4, 0.5) is 19.0 Å². The van der Waals surface area contributed by atoms with Crippen LogP contribution in [0.3, 0.4) is 0 Å². The van der Waals surface area contributed by atoms with E-state index in [9.17, 15) is 13.2 Å². The Morgan fingerprint density at radius 2 is 1.97 bits per heavy atom. The second-order valence-corrected chi connectivity index (χ2v) is 9.56. The highest BCUT2D eigenvalue weighted by Crippen LogP contribution is 2.39. The summed E-state index contributed by atoms with van der Waals surface area (Å²) >= 11 is 0. The fourth-order valence-corrected chi connectivity index (χ4v) is 4.87. The molecule has 36 heavy (non-hydrogen) atoms. The lowest BCUT2D eigenvalue weighted by Crippen LogP contribution is -2.14. The van der Waals surface area contributed by atoms with E-state index in [2.05, 4.69) is 10.1 Å². The molecule has 0 spiro atoms. The van der Waals surface area contributed by atoms with Crippen molar-refractivity contribution in [2.45, 2.75) is 52.2 Å². The van der Waals surface area contributed by atoms with Crippen molar-refractivity contribution < 1.29 is 17.9 Å². The molecule has 2 aliphatic rings. The third-order valence-corrected chi connectivity index (χ3v) is 6.88. The van der Waals surface area contributed by atoms with Gasteiger partial charge in [0.1, 0.15) is 17.6 Å². The van der Waals surface area contributed by atoms with Crippen LogP contribution < -0.4 is 10.5 Å². The molecule has 1 atom stereocenters. The standard InChI is InChI=1S/C26H25F3N6O/c1-13-19-9-18-10-21(25(28)29)33-35(18)22-6-5-17(27)8-20(22)14(2)36-23-7-16(11-31-26(23)30)24(19)34(32-13)12-15-3-4-15/h5-8,10-11,14-15,25H,3-4,9,12H2,1-2H3,(H2,30,31)/t14-/m1/s1. The first-order valence-corrected chi connectivity index (χ1v) is 11.9. The number of ether oxygens (including phenoxy) is 1. The zero-order chi connectivity index (χ0) is 25.1. The van der Waals surface area contributed by atoms with Crippen molar-refractivity contribution in [3.63, 3.8) is 0 Å². The normalized spacial score (nSPS) is 17.0. The number of fused-ring (bicyclic) bond motifs is 7. The summed E-state index contributed by atoms with van der Waals surface area (Å²) in [4.78, 5) is 4.37. The number of aromatic nitrogens is 5. The predicted octanol–water partition coefficient (Wildman–Crippen LogP) is 5.55. The van der Waals surface area contributed by atoms with Crippen molar-refractivity contribution in [2.24, 2.45) is 5.92 Å². The first-order chi connectivity index (χ1) is 17.3. The van der Waals surface area contributed by atoms with Crippen molar-refractivity contribution >= 4 is 5.82 Å². The topological polar surface area (TPSA) is 83.8 Å². The van der Waals surface area contributed by atoms with Crippen LogP contribution in [0.15, 0.2) is 36.5 Å². The van der Waals surface area contributed by atoms with Gasteiger partial charge in [0.25, 0.3) is 6.43 Å². The molecule has 10 heteroatoms. The maximum Gasteiger partial charge on any atom is 0.282 e. The van der Waals surface area contributed by atoms with E-state index >= 15 is 0 Å². The predicted molar refractivity (Wildman–Crippen MR) is 128 cm³/mol. The number of halogens is 3. The van der Waals surface area contributed by atoms with Gasteiger partial charge in [-0.25, -0.2) is 22.8 Å². The molecule has 0 saturated heterocycles. The van der Waals surface area contributed by atoms with Crippen LogP contribution >= 0.6 is 0 Å². The highest BCUT2D eigenvalue weighted by molar-refractivity contribution is 5.69. The van der Waals surface area contributed by atoms with Crippen molar-refractivity contribution in [1.29, 1.82) is 0 Å². The second-order valence-electron chi connectivity index (χ2n) is 9.56. The van der Waals surface area contributed by atoms with E-state index in [1.54, 1.807) is 13.1 Å². The van der Waals surface area contributed by atoms with Gasteiger partial charge in [-0.1, -0.05) is 0 Å². The average molecular weight is 495 g/mol. The number of nitrogens with zero attached hydrogens (tertiary/aromatic N) is 5. The first kappa shape index (κ1) is 22.6. The van der Waals surface area contributed by atoms with Gasteiger partial charge in [0, 0.05) is 41.5 Å². The van der Waals surface area contributed by atoms with E-state index in [-0.39, 0.29) is 11.5 Å². The summed E-state index contributed by atoms with van der Waals surface area (Å²) in [5, 5.41) is 9.04. The Labute approximate surface area is 205 Å². The third-order valence-electron chi connectivity index (χ3n) is 6.88. The van der Waals surface area contributed by atoms with Gasteiger partial charge in [-0.15, -0.1) is 0 Å². The molecule has 0 radical (unpaired) electrons. The summed E-state index contributed by atoms with van der Waals surface area (Å²) < 4.78 is 51.6. The zero-order valence-electron chi connectivity index (χ0n) is 19.9.